The molecular formula is C11H23N2O. The Morgan fingerprint density at radius 3 is 2.36 bits per heavy atom. The van der Waals surface area contributed by atoms with Crippen LogP contribution in [0.1, 0.15) is 32.1 Å². The SMILES string of the molecule is [CH2]CCCC(CCCN(C)C)C(N)=O. The van der Waals surface area contributed by atoms with Crippen LogP contribution in [0.3, 0.4) is 0 Å². The van der Waals surface area contributed by atoms with Gasteiger partial charge in [-0.15, -0.1) is 0 Å². The van der Waals surface area contributed by atoms with E-state index in [1.807, 2.05) is 14.1 Å². The number of hydrogen-bond donors (Lipinski definition) is 1. The maximum absolute atomic E-state index is 11.1. The summed E-state index contributed by atoms with van der Waals surface area (Å²) in [6, 6.07) is 0. The highest BCUT2D eigenvalue weighted by molar-refractivity contribution is 5.76. The number of unbranched alkanes of at least 4 members (excludes halogenated alkanes) is 1. The second-order valence-corrected chi connectivity index (χ2v) is 4.04. The Morgan fingerprint density at radius 2 is 1.93 bits per heavy atom. The van der Waals surface area contributed by atoms with E-state index >= 15 is 0 Å². The summed E-state index contributed by atoms with van der Waals surface area (Å²) < 4.78 is 0. The van der Waals surface area contributed by atoms with Crippen LogP contribution in [0.5, 0.6) is 0 Å². The van der Waals surface area contributed by atoms with Gasteiger partial charge in [0.05, 0.1) is 0 Å². The molecule has 0 aromatic carbocycles. The van der Waals surface area contributed by atoms with Gasteiger partial charge < -0.3 is 10.6 Å². The van der Waals surface area contributed by atoms with Crippen molar-refractivity contribution in [3.8, 4) is 0 Å². The van der Waals surface area contributed by atoms with Crippen LogP contribution in [-0.2, 0) is 4.79 Å². The zero-order valence-electron chi connectivity index (χ0n) is 9.46. The van der Waals surface area contributed by atoms with E-state index < -0.39 is 0 Å². The average Bonchev–Trinajstić information content (AvgIpc) is 2.09. The number of nitrogens with two attached hydrogens (primary N) is 1. The largest absolute Gasteiger partial charge is 0.369 e. The molecule has 83 valence electrons. The lowest BCUT2D eigenvalue weighted by Gasteiger charge is -2.14. The van der Waals surface area contributed by atoms with Crippen LogP contribution < -0.4 is 5.73 Å². The van der Waals surface area contributed by atoms with E-state index in [0.717, 1.165) is 38.6 Å². The van der Waals surface area contributed by atoms with E-state index in [1.165, 1.54) is 0 Å². The first kappa shape index (κ1) is 13.4. The molecule has 2 N–H and O–H groups in total. The molecule has 0 heterocycles. The molecule has 3 nitrogen and oxygen atoms in total. The molecule has 0 saturated carbocycles. The summed E-state index contributed by atoms with van der Waals surface area (Å²) in [6.45, 7) is 4.79. The first-order valence-corrected chi connectivity index (χ1v) is 5.31. The fourth-order valence-electron chi connectivity index (χ4n) is 1.47. The van der Waals surface area contributed by atoms with E-state index in [1.54, 1.807) is 0 Å². The molecule has 0 spiro atoms. The van der Waals surface area contributed by atoms with Gasteiger partial charge in [0.15, 0.2) is 0 Å². The molecule has 1 radical (unpaired) electrons. The highest BCUT2D eigenvalue weighted by atomic mass is 16.1. The predicted molar refractivity (Wildman–Crippen MR) is 59.7 cm³/mol. The molecule has 3 heteroatoms. The first-order valence-electron chi connectivity index (χ1n) is 5.31. The number of nitrogens with zero attached hydrogens (tertiary/aromatic N) is 1. The van der Waals surface area contributed by atoms with Crippen LogP contribution in [0.15, 0.2) is 0 Å². The molecule has 0 aliphatic rings. The number of hydrogen-bond acceptors (Lipinski definition) is 2. The molecule has 0 aromatic rings. The van der Waals surface area contributed by atoms with Crippen LogP contribution in [0.4, 0.5) is 0 Å². The van der Waals surface area contributed by atoms with Gasteiger partial charge in [-0.25, -0.2) is 0 Å². The maximum atomic E-state index is 11.1. The molecule has 0 rings (SSSR count). The van der Waals surface area contributed by atoms with Gasteiger partial charge in [-0.05, 0) is 39.9 Å². The summed E-state index contributed by atoms with van der Waals surface area (Å²) in [5, 5.41) is 0. The number of carbonyl (C=O) groups is 1. The topological polar surface area (TPSA) is 46.3 Å². The van der Waals surface area contributed by atoms with Gasteiger partial charge in [0.25, 0.3) is 0 Å². The van der Waals surface area contributed by atoms with E-state index in [4.69, 9.17) is 5.73 Å². The molecule has 1 atom stereocenters. The lowest BCUT2D eigenvalue weighted by Crippen LogP contribution is -2.24. The van der Waals surface area contributed by atoms with Gasteiger partial charge in [0.1, 0.15) is 0 Å². The lowest BCUT2D eigenvalue weighted by molar-refractivity contribution is -0.122. The van der Waals surface area contributed by atoms with Crippen molar-refractivity contribution in [2.75, 3.05) is 20.6 Å². The quantitative estimate of drug-likeness (QED) is 0.643. The minimum atomic E-state index is -0.155. The van der Waals surface area contributed by atoms with Crippen molar-refractivity contribution in [1.29, 1.82) is 0 Å². The summed E-state index contributed by atoms with van der Waals surface area (Å²) in [5.74, 6) is -0.103. The van der Waals surface area contributed by atoms with Crippen LogP contribution in [0.25, 0.3) is 0 Å². The van der Waals surface area contributed by atoms with Gasteiger partial charge in [-0.1, -0.05) is 19.8 Å². The highest BCUT2D eigenvalue weighted by Gasteiger charge is 2.13. The third-order valence-corrected chi connectivity index (χ3v) is 2.36. The summed E-state index contributed by atoms with van der Waals surface area (Å²) in [6.07, 6.45) is 4.73. The monoisotopic (exact) mass is 199 g/mol. The Morgan fingerprint density at radius 1 is 1.36 bits per heavy atom. The molecule has 0 fully saturated rings. The average molecular weight is 199 g/mol. The fraction of sp³-hybridized carbons (Fsp3) is 0.818. The van der Waals surface area contributed by atoms with Gasteiger partial charge in [-0.2, -0.15) is 0 Å². The zero-order chi connectivity index (χ0) is 11.0. The molecule has 0 saturated heterocycles. The second-order valence-electron chi connectivity index (χ2n) is 4.04. The van der Waals surface area contributed by atoms with Gasteiger partial charge in [0, 0.05) is 5.92 Å². The fourth-order valence-corrected chi connectivity index (χ4v) is 1.47. The molecular weight excluding hydrogens is 176 g/mol. The van der Waals surface area contributed by atoms with E-state index in [0.29, 0.717) is 0 Å². The molecule has 1 amide bonds. The normalized spacial score (nSPS) is 13.1. The van der Waals surface area contributed by atoms with Crippen molar-refractivity contribution in [3.05, 3.63) is 6.92 Å². The van der Waals surface area contributed by atoms with Crippen LogP contribution in [-0.4, -0.2) is 31.4 Å². The van der Waals surface area contributed by atoms with Crippen molar-refractivity contribution in [3.63, 3.8) is 0 Å². The van der Waals surface area contributed by atoms with E-state index in [9.17, 15) is 4.79 Å². The smallest absolute Gasteiger partial charge is 0.220 e. The maximum Gasteiger partial charge on any atom is 0.220 e. The third kappa shape index (κ3) is 6.89. The molecule has 0 aromatic heterocycles. The minimum Gasteiger partial charge on any atom is -0.369 e. The standard InChI is InChI=1S/C11H23N2O/c1-4-5-7-10(11(12)14)8-6-9-13(2)3/h10H,1,4-9H2,2-3H3,(H2,12,14). The van der Waals surface area contributed by atoms with Gasteiger partial charge >= 0.3 is 0 Å². The van der Waals surface area contributed by atoms with Crippen LogP contribution >= 0.6 is 0 Å². The summed E-state index contributed by atoms with van der Waals surface area (Å²) >= 11 is 0. The Bertz CT molecular complexity index is 157. The second kappa shape index (κ2) is 7.80. The van der Waals surface area contributed by atoms with Gasteiger partial charge in [0.2, 0.25) is 5.91 Å². The van der Waals surface area contributed by atoms with Crippen molar-refractivity contribution in [2.45, 2.75) is 32.1 Å². The van der Waals surface area contributed by atoms with Crippen LogP contribution in [0.2, 0.25) is 0 Å². The molecule has 0 bridgehead atoms. The molecule has 0 aliphatic heterocycles. The summed E-state index contributed by atoms with van der Waals surface area (Å²) in [7, 11) is 4.07. The number of rotatable bonds is 8. The lowest BCUT2D eigenvalue weighted by atomic mass is 9.96. The van der Waals surface area contributed by atoms with Crippen molar-refractivity contribution in [2.24, 2.45) is 11.7 Å². The molecule has 1 unspecified atom stereocenters. The van der Waals surface area contributed by atoms with E-state index in [2.05, 4.69) is 11.8 Å². The van der Waals surface area contributed by atoms with Crippen molar-refractivity contribution < 1.29 is 4.79 Å². The highest BCUT2D eigenvalue weighted by Crippen LogP contribution is 2.14. The van der Waals surface area contributed by atoms with Crippen LogP contribution in [0, 0.1) is 12.8 Å². The molecule has 0 aliphatic carbocycles. The van der Waals surface area contributed by atoms with Crippen molar-refractivity contribution in [1.82, 2.24) is 4.90 Å². The summed E-state index contributed by atoms with van der Waals surface area (Å²) in [5.41, 5.74) is 5.32. The number of amides is 1. The number of primary amides is 1. The molecule has 14 heavy (non-hydrogen) atoms. The van der Waals surface area contributed by atoms with E-state index in [-0.39, 0.29) is 11.8 Å². The van der Waals surface area contributed by atoms with Crippen molar-refractivity contribution >= 4 is 5.91 Å². The summed E-state index contributed by atoms with van der Waals surface area (Å²) in [4.78, 5) is 13.2. The Kier molecular flexibility index (Phi) is 7.48. The Labute approximate surface area is 87.6 Å². The minimum absolute atomic E-state index is 0.0525. The third-order valence-electron chi connectivity index (χ3n) is 2.36. The Hall–Kier alpha value is -0.570. The first-order chi connectivity index (χ1) is 6.57. The zero-order valence-corrected chi connectivity index (χ0v) is 9.46. The Balaban J connectivity index is 3.68. The predicted octanol–water partition coefficient (Wildman–Crippen LogP) is 1.43. The number of carbonyl (C=O) groups excluding carboxylic acids is 1. The van der Waals surface area contributed by atoms with Gasteiger partial charge in [-0.3, -0.25) is 4.79 Å².